The van der Waals surface area contributed by atoms with E-state index in [-0.39, 0.29) is 11.8 Å². The predicted molar refractivity (Wildman–Crippen MR) is 126 cm³/mol. The van der Waals surface area contributed by atoms with Crippen LogP contribution in [0.25, 0.3) is 0 Å². The summed E-state index contributed by atoms with van der Waals surface area (Å²) in [7, 11) is 0. The lowest BCUT2D eigenvalue weighted by atomic mass is 9.93. The molecule has 2 N–H and O–H groups in total. The standard InChI is InChI=1S/C26H24ClNO5/c1-16(17-5-3-2-4-6-17)15-28-25(29)18-7-9-19(10-8-18)33-24-14-23-21(13-22(24)27)20(26(30)31)11-12-32-23/h2-10,13-14,16,20H,11-12,15H2,1H3,(H,28,29)(H,30,31)/t16-,20?/m0/s1. The minimum absolute atomic E-state index is 0.163. The summed E-state index contributed by atoms with van der Waals surface area (Å²) in [6.07, 6.45) is 0.395. The highest BCUT2D eigenvalue weighted by atomic mass is 35.5. The summed E-state index contributed by atoms with van der Waals surface area (Å²) in [5.41, 5.74) is 2.23. The zero-order valence-electron chi connectivity index (χ0n) is 18.1. The van der Waals surface area contributed by atoms with Gasteiger partial charge in [-0.1, -0.05) is 48.9 Å². The molecule has 0 fully saturated rings. The first kappa shape index (κ1) is 22.7. The average Bonchev–Trinajstić information content (AvgIpc) is 2.83. The van der Waals surface area contributed by atoms with Crippen molar-refractivity contribution in [2.45, 2.75) is 25.2 Å². The Labute approximate surface area is 197 Å². The lowest BCUT2D eigenvalue weighted by molar-refractivity contribution is -0.139. The smallest absolute Gasteiger partial charge is 0.311 e. The molecule has 0 aromatic heterocycles. The van der Waals surface area contributed by atoms with Crippen LogP contribution < -0.4 is 14.8 Å². The van der Waals surface area contributed by atoms with Gasteiger partial charge >= 0.3 is 5.97 Å². The summed E-state index contributed by atoms with van der Waals surface area (Å²) in [5.74, 6) is -0.210. The number of amides is 1. The van der Waals surface area contributed by atoms with E-state index in [1.165, 1.54) is 5.56 Å². The number of fused-ring (bicyclic) bond motifs is 1. The third kappa shape index (κ3) is 5.29. The summed E-state index contributed by atoms with van der Waals surface area (Å²) < 4.78 is 11.5. The topological polar surface area (TPSA) is 84.9 Å². The van der Waals surface area contributed by atoms with Crippen LogP contribution >= 0.6 is 11.6 Å². The summed E-state index contributed by atoms with van der Waals surface area (Å²) in [6, 6.07) is 20.0. The van der Waals surface area contributed by atoms with Gasteiger partial charge in [-0.3, -0.25) is 9.59 Å². The molecule has 1 aliphatic heterocycles. The number of nitrogens with one attached hydrogen (secondary N) is 1. The van der Waals surface area contributed by atoms with E-state index >= 15 is 0 Å². The van der Waals surface area contributed by atoms with Gasteiger partial charge in [0.05, 0.1) is 17.5 Å². The van der Waals surface area contributed by atoms with Crippen LogP contribution in [0.5, 0.6) is 17.2 Å². The Morgan fingerprint density at radius 2 is 1.88 bits per heavy atom. The van der Waals surface area contributed by atoms with E-state index in [0.29, 0.717) is 53.0 Å². The second kappa shape index (κ2) is 9.96. The normalized spacial score (nSPS) is 15.6. The Bertz CT molecular complexity index is 1150. The molecule has 4 rings (SSSR count). The molecule has 0 aliphatic carbocycles. The number of halogens is 1. The highest BCUT2D eigenvalue weighted by molar-refractivity contribution is 6.32. The van der Waals surface area contributed by atoms with Crippen molar-refractivity contribution in [3.05, 3.63) is 88.4 Å². The first-order chi connectivity index (χ1) is 15.9. The minimum atomic E-state index is -0.906. The van der Waals surface area contributed by atoms with Crippen molar-refractivity contribution in [1.29, 1.82) is 0 Å². The molecule has 1 amide bonds. The molecule has 1 aliphatic rings. The van der Waals surface area contributed by atoms with Crippen LogP contribution in [0.2, 0.25) is 5.02 Å². The molecular weight excluding hydrogens is 442 g/mol. The van der Waals surface area contributed by atoms with Crippen LogP contribution in [-0.4, -0.2) is 30.1 Å². The zero-order chi connectivity index (χ0) is 23.4. The number of hydrogen-bond acceptors (Lipinski definition) is 4. The Kier molecular flexibility index (Phi) is 6.84. The van der Waals surface area contributed by atoms with Crippen molar-refractivity contribution in [1.82, 2.24) is 5.32 Å². The zero-order valence-corrected chi connectivity index (χ0v) is 18.8. The van der Waals surface area contributed by atoms with Crippen molar-refractivity contribution in [2.75, 3.05) is 13.2 Å². The third-order valence-electron chi connectivity index (χ3n) is 5.68. The lowest BCUT2D eigenvalue weighted by Gasteiger charge is -2.24. The molecule has 0 bridgehead atoms. The molecule has 33 heavy (non-hydrogen) atoms. The van der Waals surface area contributed by atoms with Gasteiger partial charge in [0.2, 0.25) is 0 Å². The molecule has 2 atom stereocenters. The van der Waals surface area contributed by atoms with Crippen LogP contribution in [0.3, 0.4) is 0 Å². The van der Waals surface area contributed by atoms with Crippen LogP contribution in [0, 0.1) is 0 Å². The van der Waals surface area contributed by atoms with E-state index in [1.807, 2.05) is 30.3 Å². The van der Waals surface area contributed by atoms with Gasteiger partial charge < -0.3 is 19.9 Å². The molecule has 3 aromatic carbocycles. The molecule has 1 heterocycles. The van der Waals surface area contributed by atoms with Gasteiger partial charge in [-0.25, -0.2) is 0 Å². The van der Waals surface area contributed by atoms with Gasteiger partial charge in [-0.05, 0) is 48.2 Å². The summed E-state index contributed by atoms with van der Waals surface area (Å²) in [5, 5.41) is 12.7. The van der Waals surface area contributed by atoms with Gasteiger partial charge in [0, 0.05) is 23.7 Å². The van der Waals surface area contributed by atoms with E-state index in [9.17, 15) is 14.7 Å². The monoisotopic (exact) mass is 465 g/mol. The van der Waals surface area contributed by atoms with Crippen LogP contribution in [0.1, 0.15) is 46.7 Å². The fraction of sp³-hybridized carbons (Fsp3) is 0.231. The van der Waals surface area contributed by atoms with Gasteiger partial charge in [0.1, 0.15) is 17.2 Å². The Hall–Kier alpha value is -3.51. The quantitative estimate of drug-likeness (QED) is 0.473. The molecule has 0 saturated heterocycles. The largest absolute Gasteiger partial charge is 0.493 e. The number of benzene rings is 3. The molecule has 170 valence electrons. The van der Waals surface area contributed by atoms with Gasteiger partial charge in [-0.15, -0.1) is 0 Å². The fourth-order valence-electron chi connectivity index (χ4n) is 3.77. The average molecular weight is 466 g/mol. The molecule has 1 unspecified atom stereocenters. The number of carbonyl (C=O) groups is 2. The van der Waals surface area contributed by atoms with Crippen molar-refractivity contribution >= 4 is 23.5 Å². The minimum Gasteiger partial charge on any atom is -0.493 e. The number of rotatable bonds is 7. The predicted octanol–water partition coefficient (Wildman–Crippen LogP) is 5.62. The second-order valence-corrected chi connectivity index (χ2v) is 8.40. The molecule has 6 nitrogen and oxygen atoms in total. The SMILES string of the molecule is C[C@@H](CNC(=O)c1ccc(Oc2cc3c(cc2Cl)C(C(=O)O)CCO3)cc1)c1ccccc1. The number of aliphatic carboxylic acids is 1. The van der Waals surface area contributed by atoms with Crippen LogP contribution in [0.4, 0.5) is 0 Å². The number of ether oxygens (including phenoxy) is 2. The first-order valence-corrected chi connectivity index (χ1v) is 11.1. The molecule has 0 radical (unpaired) electrons. The summed E-state index contributed by atoms with van der Waals surface area (Å²) >= 11 is 6.35. The maximum absolute atomic E-state index is 12.5. The van der Waals surface area contributed by atoms with Gasteiger partial charge in [-0.2, -0.15) is 0 Å². The highest BCUT2D eigenvalue weighted by Gasteiger charge is 2.29. The highest BCUT2D eigenvalue weighted by Crippen LogP contribution is 2.41. The second-order valence-electron chi connectivity index (χ2n) is 8.00. The van der Waals surface area contributed by atoms with Crippen molar-refractivity contribution in [3.8, 4) is 17.2 Å². The van der Waals surface area contributed by atoms with E-state index in [2.05, 4.69) is 12.2 Å². The maximum Gasteiger partial charge on any atom is 0.311 e. The fourth-order valence-corrected chi connectivity index (χ4v) is 3.98. The van der Waals surface area contributed by atoms with Gasteiger partial charge in [0.15, 0.2) is 0 Å². The van der Waals surface area contributed by atoms with Crippen LogP contribution in [-0.2, 0) is 4.79 Å². The Balaban J connectivity index is 1.40. The molecule has 7 heteroatoms. The van der Waals surface area contributed by atoms with Crippen molar-refractivity contribution < 1.29 is 24.2 Å². The number of carboxylic acid groups (broad SMARTS) is 1. The third-order valence-corrected chi connectivity index (χ3v) is 5.98. The van der Waals surface area contributed by atoms with E-state index in [4.69, 9.17) is 21.1 Å². The maximum atomic E-state index is 12.5. The summed E-state index contributed by atoms with van der Waals surface area (Å²) in [6.45, 7) is 2.91. The molecular formula is C26H24ClNO5. The Morgan fingerprint density at radius 1 is 1.15 bits per heavy atom. The number of carbonyl (C=O) groups excluding carboxylic acids is 1. The first-order valence-electron chi connectivity index (χ1n) is 10.7. The van der Waals surface area contributed by atoms with Crippen molar-refractivity contribution in [2.24, 2.45) is 0 Å². The molecule has 3 aromatic rings. The van der Waals surface area contributed by atoms with E-state index in [0.717, 1.165) is 0 Å². The van der Waals surface area contributed by atoms with Gasteiger partial charge in [0.25, 0.3) is 5.91 Å². The Morgan fingerprint density at radius 3 is 2.58 bits per heavy atom. The molecule has 0 spiro atoms. The van der Waals surface area contributed by atoms with Crippen molar-refractivity contribution in [3.63, 3.8) is 0 Å². The summed E-state index contributed by atoms with van der Waals surface area (Å²) in [4.78, 5) is 24.0. The number of carboxylic acids is 1. The van der Waals surface area contributed by atoms with E-state index < -0.39 is 11.9 Å². The molecule has 0 saturated carbocycles. The van der Waals surface area contributed by atoms with Crippen LogP contribution in [0.15, 0.2) is 66.7 Å². The lowest BCUT2D eigenvalue weighted by Crippen LogP contribution is -2.27. The van der Waals surface area contributed by atoms with E-state index in [1.54, 1.807) is 36.4 Å². The number of hydrogen-bond donors (Lipinski definition) is 2.